The minimum Gasteiger partial charge on any atom is -0.383 e. The van der Waals surface area contributed by atoms with Gasteiger partial charge in [0.05, 0.1) is 23.9 Å². The highest BCUT2D eigenvalue weighted by Crippen LogP contribution is 2.37. The molecule has 7 nitrogen and oxygen atoms in total. The number of aromatic nitrogens is 3. The summed E-state index contributed by atoms with van der Waals surface area (Å²) in [6, 6.07) is 9.15. The Morgan fingerprint density at radius 3 is 2.59 bits per heavy atom. The van der Waals surface area contributed by atoms with E-state index in [9.17, 15) is 17.6 Å². The van der Waals surface area contributed by atoms with Crippen LogP contribution in [0.25, 0.3) is 11.3 Å². The molecule has 0 N–H and O–H groups in total. The number of piperazine rings is 1. The van der Waals surface area contributed by atoms with Crippen molar-refractivity contribution in [3.8, 4) is 11.3 Å². The van der Waals surface area contributed by atoms with Gasteiger partial charge < -0.3 is 19.4 Å². The maximum Gasteiger partial charge on any atom is 0.419 e. The third-order valence-electron chi connectivity index (χ3n) is 7.46. The molecule has 3 aromatic rings. The third kappa shape index (κ3) is 5.63. The second-order valence-electron chi connectivity index (χ2n) is 10.2. The number of hydrogen-bond donors (Lipinski definition) is 0. The molecule has 39 heavy (non-hydrogen) atoms. The molecule has 2 aliphatic heterocycles. The van der Waals surface area contributed by atoms with Crippen molar-refractivity contribution >= 4 is 17.6 Å². The van der Waals surface area contributed by atoms with Gasteiger partial charge in [0.1, 0.15) is 17.5 Å². The lowest BCUT2D eigenvalue weighted by Gasteiger charge is -2.42. The van der Waals surface area contributed by atoms with E-state index in [4.69, 9.17) is 14.7 Å². The molecule has 0 spiro atoms. The van der Waals surface area contributed by atoms with Crippen LogP contribution < -0.4 is 14.7 Å². The number of aryl methyl sites for hydroxylation is 1. The van der Waals surface area contributed by atoms with Crippen LogP contribution in [-0.2, 0) is 10.9 Å². The summed E-state index contributed by atoms with van der Waals surface area (Å²) in [5.41, 5.74) is 1.23. The lowest BCUT2D eigenvalue weighted by atomic mass is 10.1. The molecule has 0 aliphatic carbocycles. The molecule has 2 atom stereocenters. The summed E-state index contributed by atoms with van der Waals surface area (Å²) in [7, 11) is 1.67. The fourth-order valence-corrected chi connectivity index (χ4v) is 5.47. The van der Waals surface area contributed by atoms with Gasteiger partial charge in [-0.25, -0.2) is 14.4 Å². The minimum atomic E-state index is -4.48. The summed E-state index contributed by atoms with van der Waals surface area (Å²) in [6.45, 7) is 6.18. The van der Waals surface area contributed by atoms with E-state index in [1.807, 2.05) is 13.0 Å². The van der Waals surface area contributed by atoms with E-state index in [1.54, 1.807) is 31.1 Å². The minimum absolute atomic E-state index is 0.0539. The normalized spacial score (nSPS) is 20.1. The summed E-state index contributed by atoms with van der Waals surface area (Å²) < 4.78 is 60.4. The highest BCUT2D eigenvalue weighted by atomic mass is 19.4. The lowest BCUT2D eigenvalue weighted by molar-refractivity contribution is -0.137. The summed E-state index contributed by atoms with van der Waals surface area (Å²) in [4.78, 5) is 19.8. The van der Waals surface area contributed by atoms with Crippen molar-refractivity contribution in [1.29, 1.82) is 0 Å². The number of methoxy groups -OCH3 is 1. The summed E-state index contributed by atoms with van der Waals surface area (Å²) in [5.74, 6) is 0.916. The molecule has 208 valence electrons. The Bertz CT molecular complexity index is 1320. The van der Waals surface area contributed by atoms with Gasteiger partial charge in [0.25, 0.3) is 0 Å². The van der Waals surface area contributed by atoms with Crippen molar-refractivity contribution in [3.05, 3.63) is 59.5 Å². The molecule has 0 radical (unpaired) electrons. The number of ether oxygens (including phenoxy) is 1. The molecule has 2 saturated heterocycles. The van der Waals surface area contributed by atoms with E-state index in [1.165, 1.54) is 18.3 Å². The first-order chi connectivity index (χ1) is 18.7. The molecular formula is C28H32F4N6O. The summed E-state index contributed by atoms with van der Waals surface area (Å²) >= 11 is 0. The van der Waals surface area contributed by atoms with Crippen molar-refractivity contribution < 1.29 is 22.3 Å². The molecule has 0 bridgehead atoms. The first-order valence-corrected chi connectivity index (χ1v) is 13.1. The summed E-state index contributed by atoms with van der Waals surface area (Å²) in [6.07, 6.45) is -1.13. The maximum absolute atomic E-state index is 14.0. The van der Waals surface area contributed by atoms with Crippen molar-refractivity contribution in [2.45, 2.75) is 44.9 Å². The van der Waals surface area contributed by atoms with Crippen LogP contribution in [0, 0.1) is 12.7 Å². The van der Waals surface area contributed by atoms with Crippen LogP contribution >= 0.6 is 0 Å². The number of hydrogen-bond acceptors (Lipinski definition) is 7. The van der Waals surface area contributed by atoms with Crippen LogP contribution in [0.5, 0.6) is 0 Å². The maximum atomic E-state index is 14.0. The fraction of sp³-hybridized carbons (Fsp3) is 0.464. The molecule has 1 aromatic carbocycles. The second-order valence-corrected chi connectivity index (χ2v) is 10.2. The number of nitrogens with zero attached hydrogens (tertiary/aromatic N) is 6. The van der Waals surface area contributed by atoms with Gasteiger partial charge in [0.2, 0.25) is 5.95 Å². The highest BCUT2D eigenvalue weighted by molar-refractivity contribution is 5.66. The van der Waals surface area contributed by atoms with Crippen LogP contribution in [0.1, 0.15) is 30.9 Å². The van der Waals surface area contributed by atoms with Crippen LogP contribution in [-0.4, -0.2) is 66.9 Å². The molecule has 0 unspecified atom stereocenters. The number of alkyl halides is 3. The first-order valence-electron chi connectivity index (χ1n) is 13.1. The van der Waals surface area contributed by atoms with E-state index in [-0.39, 0.29) is 23.7 Å². The zero-order valence-electron chi connectivity index (χ0n) is 22.2. The van der Waals surface area contributed by atoms with Gasteiger partial charge >= 0.3 is 6.18 Å². The quantitative estimate of drug-likeness (QED) is 0.389. The van der Waals surface area contributed by atoms with Crippen molar-refractivity contribution in [2.24, 2.45) is 0 Å². The van der Waals surface area contributed by atoms with Gasteiger partial charge in [0, 0.05) is 57.2 Å². The molecule has 4 heterocycles. The van der Waals surface area contributed by atoms with Gasteiger partial charge in [-0.05, 0) is 62.6 Å². The molecule has 5 rings (SSSR count). The predicted molar refractivity (Wildman–Crippen MR) is 143 cm³/mol. The van der Waals surface area contributed by atoms with E-state index >= 15 is 0 Å². The Morgan fingerprint density at radius 2 is 1.87 bits per heavy atom. The third-order valence-corrected chi connectivity index (χ3v) is 7.46. The second kappa shape index (κ2) is 11.0. The van der Waals surface area contributed by atoms with Crippen molar-refractivity contribution in [2.75, 3.05) is 54.6 Å². The Labute approximate surface area is 225 Å². The molecule has 2 aliphatic rings. The van der Waals surface area contributed by atoms with E-state index in [0.717, 1.165) is 31.0 Å². The lowest BCUT2D eigenvalue weighted by Crippen LogP contribution is -2.53. The molecule has 2 aromatic heterocycles. The molecule has 0 amide bonds. The van der Waals surface area contributed by atoms with Gasteiger partial charge in [0.15, 0.2) is 0 Å². The predicted octanol–water partition coefficient (Wildman–Crippen LogP) is 5.34. The highest BCUT2D eigenvalue weighted by Gasteiger charge is 2.37. The van der Waals surface area contributed by atoms with E-state index in [2.05, 4.69) is 14.8 Å². The van der Waals surface area contributed by atoms with Gasteiger partial charge in [-0.1, -0.05) is 0 Å². The average molecular weight is 545 g/mol. The Kier molecular flexibility index (Phi) is 7.61. The largest absolute Gasteiger partial charge is 0.419 e. The Morgan fingerprint density at radius 1 is 1.05 bits per heavy atom. The van der Waals surface area contributed by atoms with E-state index in [0.29, 0.717) is 49.3 Å². The number of pyridine rings is 1. The topological polar surface area (TPSA) is 57.6 Å². The zero-order valence-corrected chi connectivity index (χ0v) is 22.2. The van der Waals surface area contributed by atoms with Crippen LogP contribution in [0.15, 0.2) is 42.6 Å². The van der Waals surface area contributed by atoms with Crippen molar-refractivity contribution in [3.63, 3.8) is 0 Å². The number of halogens is 4. The van der Waals surface area contributed by atoms with Crippen LogP contribution in [0.3, 0.4) is 0 Å². The molecular weight excluding hydrogens is 512 g/mol. The monoisotopic (exact) mass is 544 g/mol. The molecule has 0 saturated carbocycles. The van der Waals surface area contributed by atoms with Gasteiger partial charge in [-0.2, -0.15) is 18.2 Å². The van der Waals surface area contributed by atoms with Crippen LogP contribution in [0.2, 0.25) is 0 Å². The fourth-order valence-electron chi connectivity index (χ4n) is 5.47. The zero-order chi connectivity index (χ0) is 27.7. The number of anilines is 3. The number of rotatable bonds is 6. The molecule has 11 heteroatoms. The standard InChI is InChI=1S/C28H32F4N6O/c1-18-14-20(8-9-23(18)29)24-15-25(35-27(34-24)38-11-5-6-21(38)17-39-3)37-13-12-36(16-19(37)2)26-22(28(30,31)32)7-4-10-33-26/h4,7-10,14-15,19,21H,5-6,11-13,16-17H2,1-3H3/t19-,21-/m1/s1. The number of benzene rings is 1. The van der Waals surface area contributed by atoms with E-state index < -0.39 is 11.7 Å². The SMILES string of the molecule is COC[C@H]1CCCN1c1nc(-c2ccc(F)c(C)c2)cc(N2CCN(c3ncccc3C(F)(F)F)C[C@H]2C)n1. The average Bonchev–Trinajstić information content (AvgIpc) is 3.38. The van der Waals surface area contributed by atoms with Gasteiger partial charge in [-0.3, -0.25) is 0 Å². The molecule has 2 fully saturated rings. The van der Waals surface area contributed by atoms with Crippen molar-refractivity contribution in [1.82, 2.24) is 15.0 Å². The Hall–Kier alpha value is -3.47. The summed E-state index contributed by atoms with van der Waals surface area (Å²) in [5, 5.41) is 0. The van der Waals surface area contributed by atoms with Crippen LogP contribution in [0.4, 0.5) is 35.1 Å². The Balaban J connectivity index is 1.48. The smallest absolute Gasteiger partial charge is 0.383 e. The van der Waals surface area contributed by atoms with Gasteiger partial charge in [-0.15, -0.1) is 0 Å². The first kappa shape index (κ1) is 27.1.